The zero-order valence-electron chi connectivity index (χ0n) is 12.1. The summed E-state index contributed by atoms with van der Waals surface area (Å²) in [5.74, 6) is 0.178. The Morgan fingerprint density at radius 3 is 2.71 bits per heavy atom. The number of aryl methyl sites for hydroxylation is 1. The Morgan fingerprint density at radius 2 is 2.14 bits per heavy atom. The minimum absolute atomic E-state index is 0.0215. The maximum atomic E-state index is 10.9. The number of carbonyl (C=O) groups is 1. The van der Waals surface area contributed by atoms with Crippen LogP contribution in [0.3, 0.4) is 0 Å². The molecular weight excluding hydrogens is 276 g/mol. The number of carboxylic acids is 1. The van der Waals surface area contributed by atoms with E-state index in [0.717, 1.165) is 32.5 Å². The van der Waals surface area contributed by atoms with Crippen LogP contribution in [0.4, 0.5) is 5.82 Å². The molecule has 0 spiro atoms. The van der Waals surface area contributed by atoms with E-state index in [0.29, 0.717) is 12.4 Å². The van der Waals surface area contributed by atoms with Crippen LogP contribution < -0.4 is 0 Å². The Labute approximate surface area is 122 Å². The third-order valence-corrected chi connectivity index (χ3v) is 4.03. The molecule has 0 aromatic carbocycles. The smallest absolute Gasteiger partial charge is 0.342 e. The predicted molar refractivity (Wildman–Crippen MR) is 75.0 cm³/mol. The van der Waals surface area contributed by atoms with Crippen LogP contribution in [0.25, 0.3) is 0 Å². The zero-order valence-corrected chi connectivity index (χ0v) is 12.1. The van der Waals surface area contributed by atoms with Gasteiger partial charge in [-0.15, -0.1) is 0 Å². The quantitative estimate of drug-likeness (QED) is 0.627. The largest absolute Gasteiger partial charge is 0.481 e. The van der Waals surface area contributed by atoms with Gasteiger partial charge in [0.25, 0.3) is 0 Å². The standard InChI is InChI=1S/C13H20N4O4/c1-10-14-9-12(17(20)21)16(10)7-6-15-4-2-11(3-5-15)8-13(18)19/h9,11H,2-8H2,1H3,(H,18,19). The Kier molecular flexibility index (Phi) is 4.89. The SMILES string of the molecule is Cc1ncc([N+](=O)[O-])n1CCN1CCC(CC(=O)O)CC1. The van der Waals surface area contributed by atoms with E-state index in [-0.39, 0.29) is 18.2 Å². The van der Waals surface area contributed by atoms with Crippen LogP contribution in [0.5, 0.6) is 0 Å². The van der Waals surface area contributed by atoms with E-state index in [1.807, 2.05) is 0 Å². The van der Waals surface area contributed by atoms with E-state index >= 15 is 0 Å². The van der Waals surface area contributed by atoms with Gasteiger partial charge in [0.15, 0.2) is 5.82 Å². The summed E-state index contributed by atoms with van der Waals surface area (Å²) in [7, 11) is 0. The first-order valence-corrected chi connectivity index (χ1v) is 7.08. The van der Waals surface area contributed by atoms with Gasteiger partial charge in [-0.05, 0) is 36.8 Å². The molecule has 0 bridgehead atoms. The van der Waals surface area contributed by atoms with Crippen LogP contribution in [0.1, 0.15) is 25.1 Å². The minimum atomic E-state index is -0.738. The molecule has 1 aromatic heterocycles. The normalized spacial score (nSPS) is 17.0. The molecule has 1 fully saturated rings. The van der Waals surface area contributed by atoms with Crippen molar-refractivity contribution in [3.8, 4) is 0 Å². The fourth-order valence-electron chi connectivity index (χ4n) is 2.78. The van der Waals surface area contributed by atoms with Gasteiger partial charge in [-0.25, -0.2) is 9.55 Å². The van der Waals surface area contributed by atoms with Crippen molar-refractivity contribution in [3.05, 3.63) is 22.1 Å². The number of nitrogens with zero attached hydrogens (tertiary/aromatic N) is 4. The molecule has 21 heavy (non-hydrogen) atoms. The molecule has 8 heteroatoms. The number of aliphatic carboxylic acids is 1. The Hall–Kier alpha value is -1.96. The van der Waals surface area contributed by atoms with Gasteiger partial charge in [-0.1, -0.05) is 0 Å². The van der Waals surface area contributed by atoms with Gasteiger partial charge in [-0.3, -0.25) is 9.69 Å². The summed E-state index contributed by atoms with van der Waals surface area (Å²) in [6.07, 6.45) is 3.27. The van der Waals surface area contributed by atoms with Crippen molar-refractivity contribution in [2.24, 2.45) is 5.92 Å². The molecular formula is C13H20N4O4. The fraction of sp³-hybridized carbons (Fsp3) is 0.692. The van der Waals surface area contributed by atoms with Crippen molar-refractivity contribution in [2.75, 3.05) is 19.6 Å². The van der Waals surface area contributed by atoms with Crippen molar-refractivity contribution in [2.45, 2.75) is 32.7 Å². The van der Waals surface area contributed by atoms with Gasteiger partial charge in [0.2, 0.25) is 0 Å². The average molecular weight is 296 g/mol. The van der Waals surface area contributed by atoms with Gasteiger partial charge in [0, 0.05) is 19.9 Å². The lowest BCUT2D eigenvalue weighted by atomic mass is 9.94. The molecule has 0 amide bonds. The molecule has 0 atom stereocenters. The summed E-state index contributed by atoms with van der Waals surface area (Å²) in [6, 6.07) is 0. The summed E-state index contributed by atoms with van der Waals surface area (Å²) in [6.45, 7) is 4.70. The lowest BCUT2D eigenvalue weighted by molar-refractivity contribution is -0.392. The van der Waals surface area contributed by atoms with Crippen molar-refractivity contribution in [3.63, 3.8) is 0 Å². The van der Waals surface area contributed by atoms with Crippen LogP contribution in [-0.4, -0.2) is 50.1 Å². The second-order valence-corrected chi connectivity index (χ2v) is 5.46. The molecule has 116 valence electrons. The van der Waals surface area contributed by atoms with E-state index in [4.69, 9.17) is 5.11 Å². The molecule has 2 heterocycles. The molecule has 0 aliphatic carbocycles. The summed E-state index contributed by atoms with van der Waals surface area (Å²) in [5.41, 5.74) is 0. The maximum absolute atomic E-state index is 10.9. The Balaban J connectivity index is 1.84. The number of likely N-dealkylation sites (tertiary alicyclic amines) is 1. The van der Waals surface area contributed by atoms with E-state index in [1.165, 1.54) is 6.20 Å². The first kappa shape index (κ1) is 15.4. The highest BCUT2D eigenvalue weighted by Crippen LogP contribution is 2.21. The van der Waals surface area contributed by atoms with Crippen LogP contribution in [0.2, 0.25) is 0 Å². The number of hydrogen-bond acceptors (Lipinski definition) is 5. The van der Waals surface area contributed by atoms with Crippen molar-refractivity contribution in [1.29, 1.82) is 0 Å². The summed E-state index contributed by atoms with van der Waals surface area (Å²) in [5, 5.41) is 19.7. The summed E-state index contributed by atoms with van der Waals surface area (Å²) >= 11 is 0. The maximum Gasteiger partial charge on any atom is 0.342 e. The van der Waals surface area contributed by atoms with Crippen molar-refractivity contribution in [1.82, 2.24) is 14.5 Å². The number of imidazole rings is 1. The van der Waals surface area contributed by atoms with Crippen molar-refractivity contribution < 1.29 is 14.8 Å². The number of carboxylic acid groups (broad SMARTS) is 1. The molecule has 1 aromatic rings. The number of piperidine rings is 1. The van der Waals surface area contributed by atoms with Crippen molar-refractivity contribution >= 4 is 11.8 Å². The zero-order chi connectivity index (χ0) is 15.4. The fourth-order valence-corrected chi connectivity index (χ4v) is 2.78. The third kappa shape index (κ3) is 4.01. The molecule has 1 N–H and O–H groups in total. The number of aromatic nitrogens is 2. The number of nitro groups is 1. The Morgan fingerprint density at radius 1 is 1.48 bits per heavy atom. The molecule has 1 aliphatic heterocycles. The van der Waals surface area contributed by atoms with E-state index in [1.54, 1.807) is 11.5 Å². The molecule has 1 saturated heterocycles. The van der Waals surface area contributed by atoms with Crippen LogP contribution >= 0.6 is 0 Å². The molecule has 2 rings (SSSR count). The van der Waals surface area contributed by atoms with E-state index < -0.39 is 10.9 Å². The molecule has 0 saturated carbocycles. The molecule has 1 aliphatic rings. The highest BCUT2D eigenvalue weighted by Gasteiger charge is 2.23. The lowest BCUT2D eigenvalue weighted by Gasteiger charge is -2.30. The van der Waals surface area contributed by atoms with E-state index in [9.17, 15) is 14.9 Å². The minimum Gasteiger partial charge on any atom is -0.481 e. The molecule has 8 nitrogen and oxygen atoms in total. The van der Waals surface area contributed by atoms with Gasteiger partial charge < -0.3 is 15.2 Å². The topological polar surface area (TPSA) is 102 Å². The lowest BCUT2D eigenvalue weighted by Crippen LogP contribution is -2.36. The Bertz CT molecular complexity index is 520. The van der Waals surface area contributed by atoms with Crippen LogP contribution in [0.15, 0.2) is 6.20 Å². The molecule has 0 unspecified atom stereocenters. The average Bonchev–Trinajstić information content (AvgIpc) is 2.79. The van der Waals surface area contributed by atoms with Crippen LogP contribution in [0, 0.1) is 23.0 Å². The van der Waals surface area contributed by atoms with Gasteiger partial charge >= 0.3 is 11.8 Å². The second kappa shape index (κ2) is 6.66. The molecule has 0 radical (unpaired) electrons. The number of rotatable bonds is 6. The van der Waals surface area contributed by atoms with E-state index in [2.05, 4.69) is 9.88 Å². The second-order valence-electron chi connectivity index (χ2n) is 5.46. The highest BCUT2D eigenvalue weighted by atomic mass is 16.6. The third-order valence-electron chi connectivity index (χ3n) is 4.03. The first-order chi connectivity index (χ1) is 9.97. The predicted octanol–water partition coefficient (Wildman–Crippen LogP) is 1.29. The number of hydrogen-bond donors (Lipinski definition) is 1. The van der Waals surface area contributed by atoms with Crippen LogP contribution in [-0.2, 0) is 11.3 Å². The monoisotopic (exact) mass is 296 g/mol. The van der Waals surface area contributed by atoms with Gasteiger partial charge in [0.1, 0.15) is 12.7 Å². The van der Waals surface area contributed by atoms with Gasteiger partial charge in [0.05, 0.1) is 0 Å². The highest BCUT2D eigenvalue weighted by molar-refractivity contribution is 5.67. The summed E-state index contributed by atoms with van der Waals surface area (Å²) < 4.78 is 1.61. The van der Waals surface area contributed by atoms with Gasteiger partial charge in [-0.2, -0.15) is 0 Å². The summed E-state index contributed by atoms with van der Waals surface area (Å²) in [4.78, 5) is 27.4. The first-order valence-electron chi connectivity index (χ1n) is 7.08.